The fourth-order valence-electron chi connectivity index (χ4n) is 2.32. The molecule has 120 valence electrons. The molecule has 1 saturated heterocycles. The van der Waals surface area contributed by atoms with Gasteiger partial charge in [-0.1, -0.05) is 6.07 Å². The van der Waals surface area contributed by atoms with Gasteiger partial charge in [-0.05, 0) is 50.4 Å². The van der Waals surface area contributed by atoms with E-state index < -0.39 is 0 Å². The minimum Gasteiger partial charge on any atom is -0.368 e. The highest BCUT2D eigenvalue weighted by Crippen LogP contribution is 2.22. The molecule has 0 spiro atoms. The van der Waals surface area contributed by atoms with Gasteiger partial charge in [-0.25, -0.2) is 0 Å². The zero-order valence-corrected chi connectivity index (χ0v) is 12.9. The van der Waals surface area contributed by atoms with Crippen LogP contribution >= 0.6 is 0 Å². The van der Waals surface area contributed by atoms with E-state index in [1.165, 1.54) is 0 Å². The van der Waals surface area contributed by atoms with Crippen LogP contribution in [0.1, 0.15) is 31.2 Å². The minimum atomic E-state index is -0.373. The predicted molar refractivity (Wildman–Crippen MR) is 85.7 cm³/mol. The van der Waals surface area contributed by atoms with Gasteiger partial charge >= 0.3 is 0 Å². The van der Waals surface area contributed by atoms with Crippen molar-refractivity contribution in [1.82, 2.24) is 0 Å². The molecule has 1 aliphatic rings. The Kier molecular flexibility index (Phi) is 5.91. The molecule has 1 aromatic carbocycles. The van der Waals surface area contributed by atoms with Crippen molar-refractivity contribution in [3.63, 3.8) is 0 Å². The van der Waals surface area contributed by atoms with Crippen molar-refractivity contribution in [2.24, 2.45) is 5.73 Å². The van der Waals surface area contributed by atoms with E-state index >= 15 is 0 Å². The summed E-state index contributed by atoms with van der Waals surface area (Å²) in [6.07, 6.45) is 2.33. The van der Waals surface area contributed by atoms with E-state index in [2.05, 4.69) is 10.6 Å². The monoisotopic (exact) mass is 305 g/mol. The van der Waals surface area contributed by atoms with Gasteiger partial charge in [0, 0.05) is 24.4 Å². The van der Waals surface area contributed by atoms with E-state index in [1.807, 2.05) is 19.1 Å². The molecule has 1 atom stereocenters. The van der Waals surface area contributed by atoms with Crippen LogP contribution in [0.5, 0.6) is 0 Å². The Morgan fingerprint density at radius 3 is 2.86 bits per heavy atom. The zero-order valence-electron chi connectivity index (χ0n) is 12.9. The normalized spacial score (nSPS) is 17.3. The number of hydrogen-bond acceptors (Lipinski definition) is 4. The number of nitrogens with two attached hydrogens (primary N) is 1. The van der Waals surface area contributed by atoms with Crippen LogP contribution in [0.25, 0.3) is 0 Å². The molecule has 1 unspecified atom stereocenters. The summed E-state index contributed by atoms with van der Waals surface area (Å²) in [5.41, 5.74) is 7.68. The molecular formula is C16H23N3O3. The van der Waals surface area contributed by atoms with Gasteiger partial charge in [0.1, 0.15) is 6.10 Å². The van der Waals surface area contributed by atoms with E-state index in [4.69, 9.17) is 10.5 Å². The molecule has 0 aromatic heterocycles. The van der Waals surface area contributed by atoms with Crippen LogP contribution in [0, 0.1) is 6.92 Å². The maximum absolute atomic E-state index is 12.1. The van der Waals surface area contributed by atoms with Gasteiger partial charge < -0.3 is 21.1 Å². The van der Waals surface area contributed by atoms with Crippen LogP contribution in [-0.4, -0.2) is 31.1 Å². The van der Waals surface area contributed by atoms with Gasteiger partial charge in [-0.3, -0.25) is 9.59 Å². The molecule has 0 saturated carbocycles. The first kappa shape index (κ1) is 16.5. The average Bonchev–Trinajstić information content (AvgIpc) is 3.03. The van der Waals surface area contributed by atoms with Crippen molar-refractivity contribution in [2.45, 2.75) is 38.7 Å². The maximum atomic E-state index is 12.1. The molecule has 1 aromatic rings. The summed E-state index contributed by atoms with van der Waals surface area (Å²) < 4.78 is 5.37. The Hall–Kier alpha value is -1.92. The molecular weight excluding hydrogens is 282 g/mol. The van der Waals surface area contributed by atoms with Gasteiger partial charge in [0.05, 0.1) is 0 Å². The second-order valence-electron chi connectivity index (χ2n) is 5.46. The second-order valence-corrected chi connectivity index (χ2v) is 5.46. The number of rotatable bonds is 6. The van der Waals surface area contributed by atoms with E-state index in [1.54, 1.807) is 6.07 Å². The molecule has 4 N–H and O–H groups in total. The van der Waals surface area contributed by atoms with Crippen molar-refractivity contribution in [2.75, 3.05) is 23.8 Å². The van der Waals surface area contributed by atoms with Crippen LogP contribution in [0.2, 0.25) is 0 Å². The highest BCUT2D eigenvalue weighted by Gasteiger charge is 2.23. The average molecular weight is 305 g/mol. The van der Waals surface area contributed by atoms with Crippen LogP contribution in [-0.2, 0) is 14.3 Å². The number of anilines is 2. The number of nitrogens with one attached hydrogen (secondary N) is 2. The summed E-state index contributed by atoms with van der Waals surface area (Å²) in [6.45, 7) is 3.03. The Balaban J connectivity index is 2.00. The van der Waals surface area contributed by atoms with Crippen molar-refractivity contribution in [3.8, 4) is 0 Å². The first-order valence-electron chi connectivity index (χ1n) is 7.63. The Bertz CT molecular complexity index is 539. The molecule has 1 heterocycles. The van der Waals surface area contributed by atoms with Crippen molar-refractivity contribution < 1.29 is 14.3 Å². The summed E-state index contributed by atoms with van der Waals surface area (Å²) in [6, 6.07) is 5.45. The smallest absolute Gasteiger partial charge is 0.253 e. The summed E-state index contributed by atoms with van der Waals surface area (Å²) in [5.74, 6) is -0.210. The lowest BCUT2D eigenvalue weighted by Crippen LogP contribution is -2.27. The summed E-state index contributed by atoms with van der Waals surface area (Å²) in [4.78, 5) is 23.8. The van der Waals surface area contributed by atoms with Crippen LogP contribution < -0.4 is 16.4 Å². The molecule has 2 amide bonds. The lowest BCUT2D eigenvalue weighted by atomic mass is 10.1. The number of amides is 2. The van der Waals surface area contributed by atoms with E-state index in [9.17, 15) is 9.59 Å². The molecule has 0 bridgehead atoms. The van der Waals surface area contributed by atoms with Crippen LogP contribution in [0.3, 0.4) is 0 Å². The number of ether oxygens (including phenoxy) is 1. The molecule has 2 rings (SSSR count). The topological polar surface area (TPSA) is 93.5 Å². The summed E-state index contributed by atoms with van der Waals surface area (Å²) in [7, 11) is 0. The fourth-order valence-corrected chi connectivity index (χ4v) is 2.32. The number of benzene rings is 1. The van der Waals surface area contributed by atoms with Gasteiger partial charge in [-0.2, -0.15) is 0 Å². The van der Waals surface area contributed by atoms with Crippen molar-refractivity contribution >= 4 is 23.2 Å². The maximum Gasteiger partial charge on any atom is 0.253 e. The highest BCUT2D eigenvalue weighted by atomic mass is 16.5. The van der Waals surface area contributed by atoms with Gasteiger partial charge in [-0.15, -0.1) is 0 Å². The largest absolute Gasteiger partial charge is 0.368 e. The van der Waals surface area contributed by atoms with Crippen LogP contribution in [0.15, 0.2) is 18.2 Å². The molecule has 0 aliphatic carbocycles. The molecule has 0 radical (unpaired) electrons. The first-order valence-corrected chi connectivity index (χ1v) is 7.63. The summed E-state index contributed by atoms with van der Waals surface area (Å²) in [5, 5.41) is 5.68. The van der Waals surface area contributed by atoms with Gasteiger partial charge in [0.25, 0.3) is 5.91 Å². The molecule has 6 nitrogen and oxygen atoms in total. The summed E-state index contributed by atoms with van der Waals surface area (Å²) >= 11 is 0. The zero-order chi connectivity index (χ0) is 15.9. The highest BCUT2D eigenvalue weighted by molar-refractivity contribution is 5.96. The number of carbonyl (C=O) groups excluding carboxylic acids is 2. The number of hydrogen-bond donors (Lipinski definition) is 3. The predicted octanol–water partition coefficient (Wildman–Crippen LogP) is 1.79. The standard InChI is InChI=1S/C16H23N3O3/c1-11-6-7-12(18-15(20)5-2-8-17)10-13(11)19-16(21)14-4-3-9-22-14/h6-7,10,14H,2-5,8-9,17H2,1H3,(H,18,20)(H,19,21). The third-order valence-corrected chi connectivity index (χ3v) is 3.61. The third kappa shape index (κ3) is 4.54. The lowest BCUT2D eigenvalue weighted by Gasteiger charge is -2.14. The number of carbonyl (C=O) groups is 2. The van der Waals surface area contributed by atoms with Gasteiger partial charge in [0.2, 0.25) is 5.91 Å². The van der Waals surface area contributed by atoms with Crippen LogP contribution in [0.4, 0.5) is 11.4 Å². The van der Waals surface area contributed by atoms with E-state index in [0.717, 1.165) is 18.4 Å². The molecule has 22 heavy (non-hydrogen) atoms. The van der Waals surface area contributed by atoms with Crippen molar-refractivity contribution in [3.05, 3.63) is 23.8 Å². The Morgan fingerprint density at radius 1 is 1.36 bits per heavy atom. The third-order valence-electron chi connectivity index (χ3n) is 3.61. The Morgan fingerprint density at radius 2 is 2.18 bits per heavy atom. The fraction of sp³-hybridized carbons (Fsp3) is 0.500. The van der Waals surface area contributed by atoms with Gasteiger partial charge in [0.15, 0.2) is 0 Å². The number of aryl methyl sites for hydroxylation is 1. The molecule has 1 fully saturated rings. The Labute approximate surface area is 130 Å². The molecule has 1 aliphatic heterocycles. The van der Waals surface area contributed by atoms with Crippen molar-refractivity contribution in [1.29, 1.82) is 0 Å². The molecule has 6 heteroatoms. The quantitative estimate of drug-likeness (QED) is 0.747. The lowest BCUT2D eigenvalue weighted by molar-refractivity contribution is -0.124. The SMILES string of the molecule is Cc1ccc(NC(=O)CCCN)cc1NC(=O)C1CCCO1. The van der Waals surface area contributed by atoms with E-state index in [0.29, 0.717) is 37.4 Å². The second kappa shape index (κ2) is 7.91. The first-order chi connectivity index (χ1) is 10.6. The van der Waals surface area contributed by atoms with E-state index in [-0.39, 0.29) is 17.9 Å². The minimum absolute atomic E-state index is 0.0781.